The molecule has 0 aromatic heterocycles. The predicted molar refractivity (Wildman–Crippen MR) is 90.6 cm³/mol. The van der Waals surface area contributed by atoms with E-state index < -0.39 is 0 Å². The number of nitrogens with zero attached hydrogens (tertiary/aromatic N) is 1. The van der Waals surface area contributed by atoms with Crippen molar-refractivity contribution in [1.82, 2.24) is 0 Å². The maximum atomic E-state index is 10.2. The first-order chi connectivity index (χ1) is 10.6. The van der Waals surface area contributed by atoms with Gasteiger partial charge in [0.1, 0.15) is 12.3 Å². The Bertz CT molecular complexity index is 631. The van der Waals surface area contributed by atoms with Gasteiger partial charge < -0.3 is 14.9 Å². The van der Waals surface area contributed by atoms with Gasteiger partial charge in [0.2, 0.25) is 0 Å². The number of anilines is 1. The molecule has 0 saturated carbocycles. The number of nitrogens with one attached hydrogen (secondary N) is 1. The molecule has 1 aliphatic heterocycles. The summed E-state index contributed by atoms with van der Waals surface area (Å²) in [5, 5.41) is 10.2. The number of aryl methyl sites for hydroxylation is 2. The van der Waals surface area contributed by atoms with Crippen molar-refractivity contribution in [3.05, 3.63) is 59.2 Å². The van der Waals surface area contributed by atoms with E-state index in [4.69, 9.17) is 0 Å². The van der Waals surface area contributed by atoms with Gasteiger partial charge in [-0.3, -0.25) is 0 Å². The molecule has 2 aromatic carbocycles. The van der Waals surface area contributed by atoms with Crippen LogP contribution in [-0.4, -0.2) is 31.3 Å². The Kier molecular flexibility index (Phi) is 4.34. The summed E-state index contributed by atoms with van der Waals surface area (Å²) < 4.78 is 0. The molecule has 0 radical (unpaired) electrons. The molecule has 1 heterocycles. The molecular weight excluding hydrogens is 272 g/mol. The van der Waals surface area contributed by atoms with Gasteiger partial charge in [0.15, 0.2) is 0 Å². The number of quaternary nitrogens is 1. The van der Waals surface area contributed by atoms with Crippen molar-refractivity contribution in [2.45, 2.75) is 20.4 Å². The van der Waals surface area contributed by atoms with Crippen LogP contribution in [0.2, 0.25) is 0 Å². The zero-order valence-corrected chi connectivity index (χ0v) is 13.5. The summed E-state index contributed by atoms with van der Waals surface area (Å²) in [5.41, 5.74) is 4.81. The molecule has 0 spiro atoms. The molecule has 2 aromatic rings. The molecule has 0 bridgehead atoms. The normalized spacial score (nSPS) is 16.0. The topological polar surface area (TPSA) is 27.9 Å². The van der Waals surface area contributed by atoms with Gasteiger partial charge in [0.05, 0.1) is 26.2 Å². The number of aromatic hydroxyl groups is 1. The van der Waals surface area contributed by atoms with Crippen LogP contribution in [0.5, 0.6) is 5.75 Å². The lowest BCUT2D eigenvalue weighted by atomic mass is 10.0. The smallest absolute Gasteiger partial charge is 0.124 e. The molecule has 0 atom stereocenters. The number of para-hydroxylation sites is 1. The van der Waals surface area contributed by atoms with Crippen molar-refractivity contribution >= 4 is 5.69 Å². The van der Waals surface area contributed by atoms with Crippen LogP contribution >= 0.6 is 0 Å². The number of piperazine rings is 1. The molecule has 0 unspecified atom stereocenters. The molecule has 1 saturated heterocycles. The summed E-state index contributed by atoms with van der Waals surface area (Å²) in [6.45, 7) is 9.44. The molecule has 22 heavy (non-hydrogen) atoms. The molecule has 1 fully saturated rings. The first-order valence-electron chi connectivity index (χ1n) is 8.06. The number of phenols is 1. The van der Waals surface area contributed by atoms with E-state index in [0.717, 1.165) is 43.9 Å². The average Bonchev–Trinajstić information content (AvgIpc) is 2.54. The second kappa shape index (κ2) is 6.41. The Hall–Kier alpha value is -2.00. The van der Waals surface area contributed by atoms with Crippen molar-refractivity contribution in [2.75, 3.05) is 31.1 Å². The van der Waals surface area contributed by atoms with Crippen molar-refractivity contribution < 1.29 is 10.0 Å². The van der Waals surface area contributed by atoms with Gasteiger partial charge in [-0.15, -0.1) is 0 Å². The minimum absolute atomic E-state index is 0.445. The maximum absolute atomic E-state index is 10.2. The summed E-state index contributed by atoms with van der Waals surface area (Å²) in [6, 6.07) is 14.7. The summed E-state index contributed by atoms with van der Waals surface area (Å²) in [4.78, 5) is 4.00. The van der Waals surface area contributed by atoms with Crippen LogP contribution < -0.4 is 9.80 Å². The molecule has 3 nitrogen and oxygen atoms in total. The lowest BCUT2D eigenvalue weighted by Gasteiger charge is -2.33. The highest BCUT2D eigenvalue weighted by Gasteiger charge is 2.21. The third-order valence-electron chi connectivity index (χ3n) is 4.73. The zero-order chi connectivity index (χ0) is 15.5. The Morgan fingerprint density at radius 3 is 2.32 bits per heavy atom. The van der Waals surface area contributed by atoms with E-state index in [1.807, 2.05) is 13.0 Å². The van der Waals surface area contributed by atoms with Crippen LogP contribution in [0.1, 0.15) is 16.7 Å². The lowest BCUT2D eigenvalue weighted by molar-refractivity contribution is -0.914. The van der Waals surface area contributed by atoms with E-state index in [2.05, 4.69) is 48.2 Å². The third kappa shape index (κ3) is 3.25. The van der Waals surface area contributed by atoms with Gasteiger partial charge in [-0.05, 0) is 49.2 Å². The Labute approximate surface area is 132 Å². The van der Waals surface area contributed by atoms with Crippen LogP contribution in [0.25, 0.3) is 0 Å². The van der Waals surface area contributed by atoms with E-state index in [9.17, 15) is 5.11 Å². The standard InChI is InChI=1S/C19H24N2O/c1-15-12-17(19(22)13-16(15)2)14-20-8-10-21(11-9-20)18-6-4-3-5-7-18/h3-7,12-13,22H,8-11,14H2,1-2H3/p+1. The van der Waals surface area contributed by atoms with E-state index in [1.165, 1.54) is 11.3 Å². The molecule has 3 rings (SSSR count). The Morgan fingerprint density at radius 1 is 1.00 bits per heavy atom. The van der Waals surface area contributed by atoms with Crippen LogP contribution in [0.15, 0.2) is 42.5 Å². The minimum Gasteiger partial charge on any atom is -0.507 e. The average molecular weight is 297 g/mol. The van der Waals surface area contributed by atoms with E-state index in [1.54, 1.807) is 4.90 Å². The number of phenolic OH excluding ortho intramolecular Hbond substituents is 1. The predicted octanol–water partition coefficient (Wildman–Crippen LogP) is 1.91. The van der Waals surface area contributed by atoms with E-state index in [0.29, 0.717) is 5.75 Å². The fraction of sp³-hybridized carbons (Fsp3) is 0.368. The quantitative estimate of drug-likeness (QED) is 0.906. The number of hydrogen-bond donors (Lipinski definition) is 2. The number of rotatable bonds is 3. The van der Waals surface area contributed by atoms with E-state index in [-0.39, 0.29) is 0 Å². The van der Waals surface area contributed by atoms with Crippen LogP contribution in [-0.2, 0) is 6.54 Å². The summed E-state index contributed by atoms with van der Waals surface area (Å²) in [7, 11) is 0. The molecule has 1 aliphatic rings. The monoisotopic (exact) mass is 297 g/mol. The summed E-state index contributed by atoms with van der Waals surface area (Å²) in [6.07, 6.45) is 0. The van der Waals surface area contributed by atoms with Gasteiger partial charge in [-0.1, -0.05) is 18.2 Å². The first kappa shape index (κ1) is 14.9. The van der Waals surface area contributed by atoms with Crippen molar-refractivity contribution in [1.29, 1.82) is 0 Å². The second-order valence-corrected chi connectivity index (χ2v) is 6.31. The lowest BCUT2D eigenvalue weighted by Crippen LogP contribution is -3.13. The van der Waals surface area contributed by atoms with Crippen molar-refractivity contribution in [3.8, 4) is 5.75 Å². The van der Waals surface area contributed by atoms with Gasteiger partial charge >= 0.3 is 0 Å². The van der Waals surface area contributed by atoms with Gasteiger partial charge in [0, 0.05) is 11.3 Å². The fourth-order valence-electron chi connectivity index (χ4n) is 3.17. The second-order valence-electron chi connectivity index (χ2n) is 6.31. The molecule has 116 valence electrons. The molecule has 3 heteroatoms. The highest BCUT2D eigenvalue weighted by Crippen LogP contribution is 2.21. The highest BCUT2D eigenvalue weighted by atomic mass is 16.3. The zero-order valence-electron chi connectivity index (χ0n) is 13.5. The highest BCUT2D eigenvalue weighted by molar-refractivity contribution is 5.46. The number of benzene rings is 2. The fourth-order valence-corrected chi connectivity index (χ4v) is 3.17. The summed E-state index contributed by atoms with van der Waals surface area (Å²) in [5.74, 6) is 0.445. The van der Waals surface area contributed by atoms with Gasteiger partial charge in [0.25, 0.3) is 0 Å². The minimum atomic E-state index is 0.445. The Balaban J connectivity index is 1.62. The van der Waals surface area contributed by atoms with Gasteiger partial charge in [-0.25, -0.2) is 0 Å². The van der Waals surface area contributed by atoms with Crippen LogP contribution in [0, 0.1) is 13.8 Å². The van der Waals surface area contributed by atoms with Crippen molar-refractivity contribution in [2.24, 2.45) is 0 Å². The summed E-state index contributed by atoms with van der Waals surface area (Å²) >= 11 is 0. The molecule has 0 amide bonds. The third-order valence-corrected chi connectivity index (χ3v) is 4.73. The largest absolute Gasteiger partial charge is 0.507 e. The number of hydrogen-bond acceptors (Lipinski definition) is 2. The SMILES string of the molecule is Cc1cc(O)c(C[NH+]2CCN(c3ccccc3)CC2)cc1C. The molecular formula is C19H25N2O+. The van der Waals surface area contributed by atoms with Crippen LogP contribution in [0.4, 0.5) is 5.69 Å². The molecule has 0 aliphatic carbocycles. The maximum Gasteiger partial charge on any atom is 0.124 e. The van der Waals surface area contributed by atoms with Crippen molar-refractivity contribution in [3.63, 3.8) is 0 Å². The van der Waals surface area contributed by atoms with E-state index >= 15 is 0 Å². The van der Waals surface area contributed by atoms with Gasteiger partial charge in [-0.2, -0.15) is 0 Å². The first-order valence-corrected chi connectivity index (χ1v) is 8.06. The molecule has 2 N–H and O–H groups in total. The Morgan fingerprint density at radius 2 is 1.64 bits per heavy atom. The van der Waals surface area contributed by atoms with Crippen LogP contribution in [0.3, 0.4) is 0 Å².